The van der Waals surface area contributed by atoms with Crippen LogP contribution in [0.4, 0.5) is 0 Å². The Morgan fingerprint density at radius 3 is 2.90 bits per heavy atom. The normalized spacial score (nSPS) is 29.8. The van der Waals surface area contributed by atoms with Gasteiger partial charge in [0.05, 0.1) is 5.92 Å². The molecule has 21 heavy (non-hydrogen) atoms. The van der Waals surface area contributed by atoms with Crippen LogP contribution in [0.1, 0.15) is 55.7 Å². The second-order valence-corrected chi connectivity index (χ2v) is 6.58. The number of carbonyl (C=O) groups excluding carboxylic acids is 1. The molecule has 0 radical (unpaired) electrons. The van der Waals surface area contributed by atoms with Crippen LogP contribution < -0.4 is 5.32 Å². The van der Waals surface area contributed by atoms with Crippen molar-refractivity contribution in [3.05, 3.63) is 11.7 Å². The third kappa shape index (κ3) is 2.69. The van der Waals surface area contributed by atoms with Gasteiger partial charge in [0.2, 0.25) is 11.8 Å². The molecule has 1 aliphatic carbocycles. The van der Waals surface area contributed by atoms with Gasteiger partial charge in [0.1, 0.15) is 0 Å². The first-order chi connectivity index (χ1) is 10.3. The second kappa shape index (κ2) is 5.40. The topological polar surface area (TPSA) is 71.3 Å². The van der Waals surface area contributed by atoms with Crippen LogP contribution in [0.3, 0.4) is 0 Å². The Balaban J connectivity index is 1.42. The number of carbonyl (C=O) groups is 1. The molecule has 3 aliphatic rings. The van der Waals surface area contributed by atoms with Crippen LogP contribution >= 0.6 is 0 Å². The maximum atomic E-state index is 12.5. The smallest absolute Gasteiger partial charge is 0.229 e. The van der Waals surface area contributed by atoms with E-state index in [9.17, 15) is 4.79 Å². The van der Waals surface area contributed by atoms with E-state index in [1.54, 1.807) is 0 Å². The summed E-state index contributed by atoms with van der Waals surface area (Å²) in [6.45, 7) is 3.41. The van der Waals surface area contributed by atoms with E-state index in [-0.39, 0.29) is 11.8 Å². The number of rotatable bonds is 3. The van der Waals surface area contributed by atoms with Crippen molar-refractivity contribution in [2.45, 2.75) is 43.9 Å². The fraction of sp³-hybridized carbons (Fsp3) is 0.800. The van der Waals surface area contributed by atoms with Crippen LogP contribution in [0.25, 0.3) is 0 Å². The predicted octanol–water partition coefficient (Wildman–Crippen LogP) is 1.26. The van der Waals surface area contributed by atoms with E-state index in [1.165, 1.54) is 12.8 Å². The average molecular weight is 290 g/mol. The summed E-state index contributed by atoms with van der Waals surface area (Å²) in [5, 5.41) is 7.43. The van der Waals surface area contributed by atoms with Gasteiger partial charge in [0.25, 0.3) is 0 Å². The number of nitrogens with one attached hydrogen (secondary N) is 1. The van der Waals surface area contributed by atoms with E-state index in [0.717, 1.165) is 57.2 Å². The Morgan fingerprint density at radius 1 is 1.24 bits per heavy atom. The molecule has 2 unspecified atom stereocenters. The zero-order valence-corrected chi connectivity index (χ0v) is 12.3. The Labute approximate surface area is 124 Å². The third-order valence-corrected chi connectivity index (χ3v) is 4.89. The fourth-order valence-corrected chi connectivity index (χ4v) is 3.42. The molecule has 114 valence electrons. The van der Waals surface area contributed by atoms with Crippen molar-refractivity contribution >= 4 is 5.91 Å². The molecule has 1 aromatic heterocycles. The predicted molar refractivity (Wildman–Crippen MR) is 75.8 cm³/mol. The van der Waals surface area contributed by atoms with Crippen LogP contribution in [0, 0.1) is 5.92 Å². The van der Waals surface area contributed by atoms with Crippen molar-refractivity contribution in [1.29, 1.82) is 0 Å². The average Bonchev–Trinajstić information content (AvgIpc) is 3.05. The molecule has 2 saturated heterocycles. The molecule has 3 heterocycles. The van der Waals surface area contributed by atoms with Gasteiger partial charge in [-0.3, -0.25) is 4.79 Å². The van der Waals surface area contributed by atoms with Gasteiger partial charge in [-0.25, -0.2) is 0 Å². The third-order valence-electron chi connectivity index (χ3n) is 4.89. The van der Waals surface area contributed by atoms with Crippen LogP contribution in [0.5, 0.6) is 0 Å². The summed E-state index contributed by atoms with van der Waals surface area (Å²) in [4.78, 5) is 19.1. The number of aromatic nitrogens is 2. The van der Waals surface area contributed by atoms with Gasteiger partial charge in [0, 0.05) is 31.5 Å². The molecule has 2 atom stereocenters. The molecule has 0 aromatic carbocycles. The first-order valence-corrected chi connectivity index (χ1v) is 8.14. The molecule has 6 nitrogen and oxygen atoms in total. The van der Waals surface area contributed by atoms with Gasteiger partial charge in [-0.05, 0) is 38.6 Å². The number of nitrogens with zero attached hydrogens (tertiary/aromatic N) is 3. The Bertz CT molecular complexity index is 519. The summed E-state index contributed by atoms with van der Waals surface area (Å²) in [7, 11) is 0. The molecule has 1 amide bonds. The quantitative estimate of drug-likeness (QED) is 0.907. The largest absolute Gasteiger partial charge is 0.342 e. The number of amides is 1. The molecule has 4 rings (SSSR count). The molecule has 1 saturated carbocycles. The molecule has 3 fully saturated rings. The van der Waals surface area contributed by atoms with Crippen molar-refractivity contribution in [3.8, 4) is 0 Å². The first kappa shape index (κ1) is 13.2. The van der Waals surface area contributed by atoms with Crippen molar-refractivity contribution in [1.82, 2.24) is 20.4 Å². The summed E-state index contributed by atoms with van der Waals surface area (Å²) in [6.07, 6.45) is 5.39. The number of likely N-dealkylation sites (tertiary alicyclic amines) is 1. The van der Waals surface area contributed by atoms with Gasteiger partial charge in [-0.1, -0.05) is 5.16 Å². The standard InChI is InChI=1S/C15H22N4O2/c20-15(11-5-6-16-8-11)19-7-1-2-12(9-19)13-17-14(21-18-13)10-3-4-10/h10-12,16H,1-9H2. The van der Waals surface area contributed by atoms with Crippen LogP contribution in [0.15, 0.2) is 4.52 Å². The summed E-state index contributed by atoms with van der Waals surface area (Å²) in [5.41, 5.74) is 0. The highest BCUT2D eigenvalue weighted by Gasteiger charge is 2.34. The van der Waals surface area contributed by atoms with Crippen molar-refractivity contribution in [2.24, 2.45) is 5.92 Å². The lowest BCUT2D eigenvalue weighted by Crippen LogP contribution is -2.43. The number of piperidine rings is 1. The highest BCUT2D eigenvalue weighted by molar-refractivity contribution is 5.79. The monoisotopic (exact) mass is 290 g/mol. The zero-order chi connectivity index (χ0) is 14.2. The number of hydrogen-bond acceptors (Lipinski definition) is 5. The van der Waals surface area contributed by atoms with E-state index in [1.807, 2.05) is 4.90 Å². The van der Waals surface area contributed by atoms with Gasteiger partial charge in [-0.15, -0.1) is 0 Å². The highest BCUT2D eigenvalue weighted by atomic mass is 16.5. The number of hydrogen-bond donors (Lipinski definition) is 1. The molecule has 1 N–H and O–H groups in total. The fourth-order valence-electron chi connectivity index (χ4n) is 3.42. The second-order valence-electron chi connectivity index (χ2n) is 6.58. The lowest BCUT2D eigenvalue weighted by atomic mass is 9.95. The summed E-state index contributed by atoms with van der Waals surface area (Å²) >= 11 is 0. The van der Waals surface area contributed by atoms with E-state index in [4.69, 9.17) is 4.52 Å². The van der Waals surface area contributed by atoms with Crippen LogP contribution in [-0.2, 0) is 4.79 Å². The Kier molecular flexibility index (Phi) is 3.41. The Morgan fingerprint density at radius 2 is 2.14 bits per heavy atom. The summed E-state index contributed by atoms with van der Waals surface area (Å²) in [6, 6.07) is 0. The minimum Gasteiger partial charge on any atom is -0.342 e. The maximum absolute atomic E-state index is 12.5. The van der Waals surface area contributed by atoms with Crippen LogP contribution in [0.2, 0.25) is 0 Å². The van der Waals surface area contributed by atoms with Gasteiger partial charge < -0.3 is 14.7 Å². The van der Waals surface area contributed by atoms with E-state index >= 15 is 0 Å². The minimum absolute atomic E-state index is 0.163. The maximum Gasteiger partial charge on any atom is 0.229 e. The van der Waals surface area contributed by atoms with Gasteiger partial charge in [0.15, 0.2) is 5.82 Å². The van der Waals surface area contributed by atoms with Crippen molar-refractivity contribution in [3.63, 3.8) is 0 Å². The zero-order valence-electron chi connectivity index (χ0n) is 12.3. The molecule has 6 heteroatoms. The lowest BCUT2D eigenvalue weighted by Gasteiger charge is -2.32. The van der Waals surface area contributed by atoms with E-state index < -0.39 is 0 Å². The Hall–Kier alpha value is -1.43. The molecular weight excluding hydrogens is 268 g/mol. The molecule has 0 bridgehead atoms. The molecule has 0 spiro atoms. The van der Waals surface area contributed by atoms with Crippen molar-refractivity contribution < 1.29 is 9.32 Å². The lowest BCUT2D eigenvalue weighted by molar-refractivity contribution is -0.136. The molecule has 1 aromatic rings. The van der Waals surface area contributed by atoms with E-state index in [2.05, 4.69) is 15.5 Å². The summed E-state index contributed by atoms with van der Waals surface area (Å²) in [5.74, 6) is 2.81. The SMILES string of the molecule is O=C(C1CCNC1)N1CCCC(c2noc(C3CC3)n2)C1. The van der Waals surface area contributed by atoms with Gasteiger partial charge in [-0.2, -0.15) is 4.98 Å². The minimum atomic E-state index is 0.163. The summed E-state index contributed by atoms with van der Waals surface area (Å²) < 4.78 is 5.36. The van der Waals surface area contributed by atoms with Crippen LogP contribution in [-0.4, -0.2) is 47.1 Å². The first-order valence-electron chi connectivity index (χ1n) is 8.14. The van der Waals surface area contributed by atoms with Crippen molar-refractivity contribution in [2.75, 3.05) is 26.2 Å². The highest BCUT2D eigenvalue weighted by Crippen LogP contribution is 2.39. The van der Waals surface area contributed by atoms with Gasteiger partial charge >= 0.3 is 0 Å². The molecular formula is C15H22N4O2. The molecule has 2 aliphatic heterocycles. The van der Waals surface area contributed by atoms with E-state index in [0.29, 0.717) is 11.8 Å².